The monoisotopic (exact) mass is 408 g/mol. The van der Waals surface area contributed by atoms with Gasteiger partial charge in [0.05, 0.1) is 12.8 Å². The van der Waals surface area contributed by atoms with Crippen LogP contribution in [0.1, 0.15) is 29.2 Å². The second kappa shape index (κ2) is 8.79. The fourth-order valence-electron chi connectivity index (χ4n) is 4.05. The van der Waals surface area contributed by atoms with Crippen molar-refractivity contribution in [1.82, 2.24) is 5.32 Å². The first-order chi connectivity index (χ1) is 14.6. The van der Waals surface area contributed by atoms with Crippen molar-refractivity contribution in [2.75, 3.05) is 32.2 Å². The molecule has 0 amide bonds. The van der Waals surface area contributed by atoms with Gasteiger partial charge >= 0.3 is 5.97 Å². The number of nitrogens with one attached hydrogen (secondary N) is 1. The molecule has 0 bridgehead atoms. The molecule has 158 valence electrons. The molecule has 1 N–H and O–H groups in total. The van der Waals surface area contributed by atoms with Crippen molar-refractivity contribution < 1.29 is 19.0 Å². The number of rotatable bonds is 5. The van der Waals surface area contributed by atoms with Crippen molar-refractivity contribution >= 4 is 11.7 Å². The molecule has 2 aromatic rings. The Bertz CT molecular complexity index is 926. The third kappa shape index (κ3) is 4.14. The fourth-order valence-corrected chi connectivity index (χ4v) is 4.05. The number of esters is 1. The quantitative estimate of drug-likeness (QED) is 0.605. The van der Waals surface area contributed by atoms with Crippen LogP contribution < -0.4 is 19.7 Å². The van der Waals surface area contributed by atoms with E-state index in [0.29, 0.717) is 19.6 Å². The minimum absolute atomic E-state index is 0.0282. The number of anilines is 1. The van der Waals surface area contributed by atoms with E-state index in [0.717, 1.165) is 41.3 Å². The number of ether oxygens (including phenoxy) is 3. The molecule has 6 heteroatoms. The summed E-state index contributed by atoms with van der Waals surface area (Å²) in [7, 11) is 3.51. The van der Waals surface area contributed by atoms with Gasteiger partial charge in [-0.3, -0.25) is 4.79 Å². The predicted molar refractivity (Wildman–Crippen MR) is 116 cm³/mol. The van der Waals surface area contributed by atoms with Crippen LogP contribution in [0, 0.1) is 0 Å². The van der Waals surface area contributed by atoms with Gasteiger partial charge in [0, 0.05) is 26.6 Å². The number of hydrogen-bond donors (Lipinski definition) is 1. The van der Waals surface area contributed by atoms with Crippen LogP contribution in [-0.2, 0) is 22.5 Å². The number of benzene rings is 2. The number of fused-ring (bicyclic) bond motifs is 2. The third-order valence-electron chi connectivity index (χ3n) is 5.76. The molecule has 0 spiro atoms. The maximum absolute atomic E-state index is 11.9. The van der Waals surface area contributed by atoms with Crippen LogP contribution in [0.4, 0.5) is 5.69 Å². The van der Waals surface area contributed by atoms with E-state index >= 15 is 0 Å². The van der Waals surface area contributed by atoms with Crippen LogP contribution in [0.2, 0.25) is 0 Å². The van der Waals surface area contributed by atoms with Gasteiger partial charge in [0.2, 0.25) is 0 Å². The Labute approximate surface area is 177 Å². The second-order valence-corrected chi connectivity index (χ2v) is 7.73. The number of hydrogen-bond acceptors (Lipinski definition) is 6. The zero-order valence-corrected chi connectivity index (χ0v) is 17.5. The fraction of sp³-hybridized carbons (Fsp3) is 0.375. The number of carbonyl (C=O) groups excluding carboxylic acids is 1. The Morgan fingerprint density at radius 2 is 2.10 bits per heavy atom. The highest BCUT2D eigenvalue weighted by molar-refractivity contribution is 5.77. The number of nitrogens with zero attached hydrogens (tertiary/aromatic N) is 1. The van der Waals surface area contributed by atoms with E-state index in [1.165, 1.54) is 12.7 Å². The summed E-state index contributed by atoms with van der Waals surface area (Å²) in [5.41, 5.74) is 4.52. The molecule has 4 rings (SSSR count). The summed E-state index contributed by atoms with van der Waals surface area (Å²) in [6, 6.07) is 12.1. The van der Waals surface area contributed by atoms with Crippen LogP contribution >= 0.6 is 0 Å². The Kier molecular flexibility index (Phi) is 5.95. The van der Waals surface area contributed by atoms with E-state index in [-0.39, 0.29) is 18.1 Å². The summed E-state index contributed by atoms with van der Waals surface area (Å²) >= 11 is 0. The molecule has 0 fully saturated rings. The van der Waals surface area contributed by atoms with Gasteiger partial charge in [-0.05, 0) is 47.4 Å². The number of methoxy groups -OCH3 is 1. The molecular weight excluding hydrogens is 380 g/mol. The number of carbonyl (C=O) groups is 1. The normalized spacial score (nSPS) is 20.3. The molecule has 2 atom stereocenters. The Morgan fingerprint density at radius 3 is 2.83 bits per heavy atom. The minimum atomic E-state index is -0.299. The first-order valence-electron chi connectivity index (χ1n) is 10.3. The van der Waals surface area contributed by atoms with E-state index in [4.69, 9.17) is 14.2 Å². The van der Waals surface area contributed by atoms with Gasteiger partial charge in [-0.25, -0.2) is 0 Å². The molecular formula is C24H28N2O4. The smallest absolute Gasteiger partial charge is 0.323 e. The average molecular weight is 408 g/mol. The summed E-state index contributed by atoms with van der Waals surface area (Å²) in [6.45, 7) is 5.67. The summed E-state index contributed by atoms with van der Waals surface area (Å²) < 4.78 is 17.0. The lowest BCUT2D eigenvalue weighted by Gasteiger charge is -2.27. The van der Waals surface area contributed by atoms with Gasteiger partial charge in [-0.15, -0.1) is 0 Å². The van der Waals surface area contributed by atoms with Crippen LogP contribution in [0.15, 0.2) is 49.1 Å². The minimum Gasteiger partial charge on any atom is -0.490 e. The van der Waals surface area contributed by atoms with Crippen molar-refractivity contribution in [3.8, 4) is 11.5 Å². The van der Waals surface area contributed by atoms with Crippen LogP contribution in [0.3, 0.4) is 0 Å². The van der Waals surface area contributed by atoms with Gasteiger partial charge in [0.1, 0.15) is 30.3 Å². The molecule has 1 unspecified atom stereocenters. The van der Waals surface area contributed by atoms with E-state index in [9.17, 15) is 4.79 Å². The molecule has 0 aliphatic carbocycles. The van der Waals surface area contributed by atoms with Gasteiger partial charge in [0.25, 0.3) is 0 Å². The highest BCUT2D eigenvalue weighted by Crippen LogP contribution is 2.39. The first kappa shape index (κ1) is 20.3. The van der Waals surface area contributed by atoms with Crippen LogP contribution in [-0.4, -0.2) is 39.3 Å². The molecule has 6 nitrogen and oxygen atoms in total. The van der Waals surface area contributed by atoms with Crippen molar-refractivity contribution in [2.24, 2.45) is 0 Å². The van der Waals surface area contributed by atoms with Gasteiger partial charge < -0.3 is 24.4 Å². The summed E-state index contributed by atoms with van der Waals surface area (Å²) in [6.07, 6.45) is 3.21. The van der Waals surface area contributed by atoms with Crippen molar-refractivity contribution in [3.05, 3.63) is 65.7 Å². The largest absolute Gasteiger partial charge is 0.490 e. The standard InChI is InChI=1S/C24H28N2O4/c1-4-11-29-19-7-5-16(6-8-19)22-9-10-26(2)21-13-17-12-20(24(27)28-3)25-15-18(17)14-23(21)30-22/h4-8,13-14,20,22,25H,1,9-12,15H2,2-3H3/t20-,22?/m0/s1. The van der Waals surface area contributed by atoms with Gasteiger partial charge in [-0.1, -0.05) is 24.8 Å². The van der Waals surface area contributed by atoms with Gasteiger partial charge in [0.15, 0.2) is 0 Å². The molecule has 2 heterocycles. The predicted octanol–water partition coefficient (Wildman–Crippen LogP) is 3.40. The van der Waals surface area contributed by atoms with Crippen LogP contribution in [0.5, 0.6) is 11.5 Å². The topological polar surface area (TPSA) is 60.0 Å². The Morgan fingerprint density at radius 1 is 1.30 bits per heavy atom. The summed E-state index contributed by atoms with van der Waals surface area (Å²) in [5, 5.41) is 3.26. The maximum Gasteiger partial charge on any atom is 0.323 e. The van der Waals surface area contributed by atoms with Crippen molar-refractivity contribution in [2.45, 2.75) is 31.5 Å². The molecule has 30 heavy (non-hydrogen) atoms. The molecule has 0 radical (unpaired) electrons. The van der Waals surface area contributed by atoms with E-state index < -0.39 is 0 Å². The first-order valence-corrected chi connectivity index (χ1v) is 10.3. The Balaban J connectivity index is 1.57. The molecule has 2 aromatic carbocycles. The van der Waals surface area contributed by atoms with E-state index in [2.05, 4.69) is 48.1 Å². The summed E-state index contributed by atoms with van der Waals surface area (Å²) in [4.78, 5) is 14.2. The zero-order valence-electron chi connectivity index (χ0n) is 17.5. The maximum atomic E-state index is 11.9. The van der Waals surface area contributed by atoms with E-state index in [1.807, 2.05) is 12.1 Å². The lowest BCUT2D eigenvalue weighted by atomic mass is 9.94. The van der Waals surface area contributed by atoms with E-state index in [1.54, 1.807) is 6.08 Å². The molecule has 2 aliphatic rings. The summed E-state index contributed by atoms with van der Waals surface area (Å²) in [5.74, 6) is 1.48. The van der Waals surface area contributed by atoms with Gasteiger partial charge in [-0.2, -0.15) is 0 Å². The lowest BCUT2D eigenvalue weighted by Crippen LogP contribution is -2.42. The highest BCUT2D eigenvalue weighted by atomic mass is 16.5. The second-order valence-electron chi connectivity index (χ2n) is 7.73. The molecule has 0 saturated heterocycles. The molecule has 0 saturated carbocycles. The average Bonchev–Trinajstić information content (AvgIpc) is 2.94. The highest BCUT2D eigenvalue weighted by Gasteiger charge is 2.29. The van der Waals surface area contributed by atoms with Crippen LogP contribution in [0.25, 0.3) is 0 Å². The molecule has 2 aliphatic heterocycles. The third-order valence-corrected chi connectivity index (χ3v) is 5.76. The lowest BCUT2D eigenvalue weighted by molar-refractivity contribution is -0.143. The van der Waals surface area contributed by atoms with Crippen molar-refractivity contribution in [3.63, 3.8) is 0 Å². The SMILES string of the molecule is C=CCOc1ccc(C2CCN(C)c3cc4c(cc3O2)CN[C@H](C(=O)OC)C4)cc1. The zero-order chi connectivity index (χ0) is 21.1. The molecule has 0 aromatic heterocycles. The Hall–Kier alpha value is -2.99. The van der Waals surface area contributed by atoms with Crippen molar-refractivity contribution in [1.29, 1.82) is 0 Å².